The van der Waals surface area contributed by atoms with Crippen molar-refractivity contribution in [2.24, 2.45) is 0 Å². The molecule has 1 atom stereocenters. The molecular weight excluding hydrogens is 244 g/mol. The lowest BCUT2D eigenvalue weighted by Gasteiger charge is -2.11. The van der Waals surface area contributed by atoms with Crippen LogP contribution in [-0.4, -0.2) is 51.0 Å². The second kappa shape index (κ2) is 12.4. The highest BCUT2D eigenvalue weighted by molar-refractivity contribution is 5.75. The van der Waals surface area contributed by atoms with Gasteiger partial charge < -0.3 is 20.1 Å². The summed E-state index contributed by atoms with van der Waals surface area (Å²) in [7, 11) is 0. The maximum absolute atomic E-state index is 11.4. The topological polar surface area (TPSA) is 59.6 Å². The zero-order chi connectivity index (χ0) is 14.5. The fourth-order valence-corrected chi connectivity index (χ4v) is 1.36. The van der Waals surface area contributed by atoms with Crippen LogP contribution in [0.2, 0.25) is 0 Å². The van der Waals surface area contributed by atoms with Gasteiger partial charge in [-0.3, -0.25) is 4.79 Å². The Bertz CT molecular complexity index is 232. The molecule has 0 aliphatic carbocycles. The van der Waals surface area contributed by atoms with Crippen LogP contribution in [0.3, 0.4) is 0 Å². The van der Waals surface area contributed by atoms with Crippen LogP contribution in [0, 0.1) is 0 Å². The van der Waals surface area contributed by atoms with Gasteiger partial charge in [0.25, 0.3) is 0 Å². The number of hydrogen-bond donors (Lipinski definition) is 2. The van der Waals surface area contributed by atoms with E-state index in [2.05, 4.69) is 24.5 Å². The van der Waals surface area contributed by atoms with Crippen LogP contribution in [-0.2, 0) is 14.3 Å². The predicted molar refractivity (Wildman–Crippen MR) is 81.5 cm³/mol. The standard InChI is InChI=1S/C14H30N2O3.2H2/c1-5-13(4)15-7-10-18-9-6-14(17)16-8-11-19-12(2)3;;/h12-13,15H,5-11H2,1-4H3,(H,16,17);2*1H. The summed E-state index contributed by atoms with van der Waals surface area (Å²) in [6.07, 6.45) is 1.73. The quantitative estimate of drug-likeness (QED) is 0.535. The Morgan fingerprint density at radius 2 is 1.89 bits per heavy atom. The van der Waals surface area contributed by atoms with Crippen molar-refractivity contribution in [2.75, 3.05) is 32.9 Å². The van der Waals surface area contributed by atoms with Gasteiger partial charge in [-0.2, -0.15) is 0 Å². The van der Waals surface area contributed by atoms with Crippen LogP contribution in [0.1, 0.15) is 43.4 Å². The molecular formula is C14H34N2O3. The Morgan fingerprint density at radius 1 is 1.16 bits per heavy atom. The third-order valence-electron chi connectivity index (χ3n) is 2.70. The van der Waals surface area contributed by atoms with Crippen LogP contribution >= 0.6 is 0 Å². The summed E-state index contributed by atoms with van der Waals surface area (Å²) in [5, 5.41) is 6.13. The first kappa shape index (κ1) is 18.4. The monoisotopic (exact) mass is 278 g/mol. The van der Waals surface area contributed by atoms with E-state index in [-0.39, 0.29) is 14.9 Å². The molecule has 0 radical (unpaired) electrons. The van der Waals surface area contributed by atoms with Crippen LogP contribution in [0.15, 0.2) is 0 Å². The molecule has 0 spiro atoms. The average molecular weight is 278 g/mol. The molecule has 1 amide bonds. The van der Waals surface area contributed by atoms with E-state index in [4.69, 9.17) is 9.47 Å². The van der Waals surface area contributed by atoms with Crippen molar-refractivity contribution in [2.45, 2.75) is 52.7 Å². The van der Waals surface area contributed by atoms with Crippen LogP contribution in [0.5, 0.6) is 0 Å². The average Bonchev–Trinajstić information content (AvgIpc) is 2.38. The summed E-state index contributed by atoms with van der Waals surface area (Å²) in [6, 6.07) is 0.521. The minimum atomic E-state index is 0. The molecule has 19 heavy (non-hydrogen) atoms. The Balaban J connectivity index is -0.00000162. The molecule has 0 saturated heterocycles. The molecule has 0 aromatic carbocycles. The number of rotatable bonds is 12. The van der Waals surface area contributed by atoms with E-state index < -0.39 is 0 Å². The SMILES string of the molecule is CCC(C)NCCOCCC(=O)NCCOC(C)C.[HH].[HH]. The van der Waals surface area contributed by atoms with Gasteiger partial charge in [0.2, 0.25) is 5.91 Å². The number of ether oxygens (including phenoxy) is 2. The molecule has 0 aliphatic heterocycles. The van der Waals surface area contributed by atoms with Gasteiger partial charge in [0.05, 0.1) is 25.9 Å². The van der Waals surface area contributed by atoms with Crippen LogP contribution < -0.4 is 10.6 Å². The Labute approximate surface area is 120 Å². The van der Waals surface area contributed by atoms with Crippen molar-refractivity contribution in [3.8, 4) is 0 Å². The molecule has 5 heteroatoms. The lowest BCUT2D eigenvalue weighted by molar-refractivity contribution is -0.122. The molecule has 1 unspecified atom stereocenters. The van der Waals surface area contributed by atoms with Gasteiger partial charge >= 0.3 is 0 Å². The normalized spacial score (nSPS) is 12.7. The number of nitrogens with one attached hydrogen (secondary N) is 2. The first-order valence-corrected chi connectivity index (χ1v) is 7.25. The zero-order valence-corrected chi connectivity index (χ0v) is 12.8. The van der Waals surface area contributed by atoms with Gasteiger partial charge in [0, 0.05) is 28.4 Å². The van der Waals surface area contributed by atoms with Crippen molar-refractivity contribution in [3.05, 3.63) is 0 Å². The molecule has 0 saturated carbocycles. The summed E-state index contributed by atoms with van der Waals surface area (Å²) < 4.78 is 10.7. The minimum absolute atomic E-state index is 0. The van der Waals surface area contributed by atoms with Crippen LogP contribution in [0.25, 0.3) is 0 Å². The molecule has 0 fully saturated rings. The highest BCUT2D eigenvalue weighted by atomic mass is 16.5. The van der Waals surface area contributed by atoms with Gasteiger partial charge in [-0.1, -0.05) is 6.92 Å². The number of hydrogen-bond acceptors (Lipinski definition) is 4. The third kappa shape index (κ3) is 13.6. The van der Waals surface area contributed by atoms with E-state index >= 15 is 0 Å². The van der Waals surface area contributed by atoms with Crippen molar-refractivity contribution in [3.63, 3.8) is 0 Å². The highest BCUT2D eigenvalue weighted by Gasteiger charge is 2.01. The number of carbonyl (C=O) groups is 1. The molecule has 2 N–H and O–H groups in total. The number of carbonyl (C=O) groups excluding carboxylic acids is 1. The Kier molecular flexibility index (Phi) is 12.0. The molecule has 0 aromatic heterocycles. The van der Waals surface area contributed by atoms with E-state index in [9.17, 15) is 4.79 Å². The molecule has 0 heterocycles. The summed E-state index contributed by atoms with van der Waals surface area (Å²) >= 11 is 0. The molecule has 0 bridgehead atoms. The number of amides is 1. The maximum Gasteiger partial charge on any atom is 0.222 e. The predicted octanol–water partition coefficient (Wildman–Crippen LogP) is 1.81. The van der Waals surface area contributed by atoms with Gasteiger partial charge in [0.15, 0.2) is 0 Å². The second-order valence-corrected chi connectivity index (χ2v) is 4.90. The van der Waals surface area contributed by atoms with Crippen molar-refractivity contribution in [1.82, 2.24) is 10.6 Å². The second-order valence-electron chi connectivity index (χ2n) is 4.90. The van der Waals surface area contributed by atoms with Gasteiger partial charge in [-0.05, 0) is 27.2 Å². The van der Waals surface area contributed by atoms with Gasteiger partial charge in [-0.15, -0.1) is 0 Å². The first-order chi connectivity index (χ1) is 9.06. The van der Waals surface area contributed by atoms with E-state index in [1.807, 2.05) is 13.8 Å². The molecule has 0 aliphatic rings. The molecule has 0 aromatic rings. The maximum atomic E-state index is 11.4. The van der Waals surface area contributed by atoms with Crippen molar-refractivity contribution < 1.29 is 17.1 Å². The lowest BCUT2D eigenvalue weighted by atomic mass is 10.3. The van der Waals surface area contributed by atoms with Crippen molar-refractivity contribution >= 4 is 5.91 Å². The largest absolute Gasteiger partial charge is 0.380 e. The van der Waals surface area contributed by atoms with E-state index in [0.29, 0.717) is 38.8 Å². The summed E-state index contributed by atoms with van der Waals surface area (Å²) in [5.41, 5.74) is 0. The first-order valence-electron chi connectivity index (χ1n) is 7.25. The smallest absolute Gasteiger partial charge is 0.222 e. The van der Waals surface area contributed by atoms with E-state index in [1.165, 1.54) is 0 Å². The zero-order valence-electron chi connectivity index (χ0n) is 12.8. The van der Waals surface area contributed by atoms with Crippen molar-refractivity contribution in [1.29, 1.82) is 0 Å². The summed E-state index contributed by atoms with van der Waals surface area (Å²) in [5.74, 6) is 0.0160. The highest BCUT2D eigenvalue weighted by Crippen LogP contribution is 1.88. The third-order valence-corrected chi connectivity index (χ3v) is 2.70. The summed E-state index contributed by atoms with van der Waals surface area (Å²) in [4.78, 5) is 11.4. The molecule has 5 nitrogen and oxygen atoms in total. The lowest BCUT2D eigenvalue weighted by Crippen LogP contribution is -2.30. The molecule has 0 rings (SSSR count). The molecule has 118 valence electrons. The summed E-state index contributed by atoms with van der Waals surface area (Å²) in [6.45, 7) is 11.3. The fraction of sp³-hybridized carbons (Fsp3) is 0.929. The Hall–Kier alpha value is -0.650. The van der Waals surface area contributed by atoms with Crippen LogP contribution in [0.4, 0.5) is 0 Å². The van der Waals surface area contributed by atoms with E-state index in [0.717, 1.165) is 13.0 Å². The Morgan fingerprint density at radius 3 is 2.53 bits per heavy atom. The van der Waals surface area contributed by atoms with E-state index in [1.54, 1.807) is 0 Å². The van der Waals surface area contributed by atoms with Gasteiger partial charge in [0.1, 0.15) is 0 Å². The fourth-order valence-electron chi connectivity index (χ4n) is 1.36. The van der Waals surface area contributed by atoms with Gasteiger partial charge in [-0.25, -0.2) is 0 Å². The minimum Gasteiger partial charge on any atom is -0.380 e.